The highest BCUT2D eigenvalue weighted by molar-refractivity contribution is 5.61. The molecule has 0 atom stereocenters. The molecule has 0 aliphatic heterocycles. The summed E-state index contributed by atoms with van der Waals surface area (Å²) in [5.41, 5.74) is 8.26. The molecule has 0 saturated carbocycles. The Bertz CT molecular complexity index is 495. The predicted molar refractivity (Wildman–Crippen MR) is 70.4 cm³/mol. The van der Waals surface area contributed by atoms with Crippen LogP contribution < -0.4 is 15.8 Å². The lowest BCUT2D eigenvalue weighted by Crippen LogP contribution is -2.08. The Kier molecular flexibility index (Phi) is 3.72. The van der Waals surface area contributed by atoms with Gasteiger partial charge in [-0.2, -0.15) is 0 Å². The van der Waals surface area contributed by atoms with Crippen LogP contribution in [0.3, 0.4) is 0 Å². The molecule has 0 saturated heterocycles. The summed E-state index contributed by atoms with van der Waals surface area (Å²) in [6.45, 7) is 4.53. The van der Waals surface area contributed by atoms with Crippen LogP contribution in [0.2, 0.25) is 0 Å². The van der Waals surface area contributed by atoms with E-state index >= 15 is 0 Å². The summed E-state index contributed by atoms with van der Waals surface area (Å²) in [6, 6.07) is 7.43. The van der Waals surface area contributed by atoms with E-state index in [1.165, 1.54) is 0 Å². The zero-order valence-electron chi connectivity index (χ0n) is 10.5. The van der Waals surface area contributed by atoms with Crippen LogP contribution >= 0.6 is 0 Å². The van der Waals surface area contributed by atoms with Gasteiger partial charge in [0.2, 0.25) is 0 Å². The van der Waals surface area contributed by atoms with E-state index in [2.05, 4.69) is 10.5 Å². The highest BCUT2D eigenvalue weighted by Crippen LogP contribution is 2.26. The topological polar surface area (TPSA) is 73.3 Å². The Balaban J connectivity index is 2.04. The fourth-order valence-electron chi connectivity index (χ4n) is 1.52. The smallest absolute Gasteiger partial charge is 0.144 e. The van der Waals surface area contributed by atoms with Gasteiger partial charge in [-0.15, -0.1) is 0 Å². The van der Waals surface area contributed by atoms with Gasteiger partial charge in [0, 0.05) is 17.8 Å². The largest absolute Gasteiger partial charge is 0.489 e. The highest BCUT2D eigenvalue weighted by Gasteiger charge is 2.05. The summed E-state index contributed by atoms with van der Waals surface area (Å²) in [7, 11) is 0. The van der Waals surface area contributed by atoms with Crippen molar-refractivity contribution in [2.24, 2.45) is 0 Å². The van der Waals surface area contributed by atoms with E-state index in [0.29, 0.717) is 18.0 Å². The summed E-state index contributed by atoms with van der Waals surface area (Å²) in [5.74, 6) is 0.690. The SMILES string of the molecule is CC(C)Oc1cc(NCc2ccon2)ccc1N. The minimum absolute atomic E-state index is 0.0955. The van der Waals surface area contributed by atoms with E-state index < -0.39 is 0 Å². The van der Waals surface area contributed by atoms with Crippen LogP contribution in [-0.4, -0.2) is 11.3 Å². The van der Waals surface area contributed by atoms with Crippen molar-refractivity contribution < 1.29 is 9.26 Å². The van der Waals surface area contributed by atoms with Crippen LogP contribution in [0.5, 0.6) is 5.75 Å². The van der Waals surface area contributed by atoms with Gasteiger partial charge in [0.15, 0.2) is 0 Å². The van der Waals surface area contributed by atoms with E-state index in [-0.39, 0.29) is 6.10 Å². The molecule has 0 amide bonds. The van der Waals surface area contributed by atoms with Crippen LogP contribution in [0.4, 0.5) is 11.4 Å². The number of nitrogens with zero attached hydrogens (tertiary/aromatic N) is 1. The van der Waals surface area contributed by atoms with Gasteiger partial charge in [0.25, 0.3) is 0 Å². The molecule has 0 fully saturated rings. The minimum Gasteiger partial charge on any atom is -0.489 e. The monoisotopic (exact) mass is 247 g/mol. The van der Waals surface area contributed by atoms with E-state index in [1.807, 2.05) is 38.1 Å². The molecule has 1 heterocycles. The lowest BCUT2D eigenvalue weighted by atomic mass is 10.2. The fraction of sp³-hybridized carbons (Fsp3) is 0.308. The maximum atomic E-state index is 5.85. The first kappa shape index (κ1) is 12.3. The average Bonchev–Trinajstić information content (AvgIpc) is 2.82. The Morgan fingerprint density at radius 2 is 2.22 bits per heavy atom. The van der Waals surface area contributed by atoms with Crippen molar-refractivity contribution in [3.63, 3.8) is 0 Å². The van der Waals surface area contributed by atoms with E-state index in [0.717, 1.165) is 11.4 Å². The van der Waals surface area contributed by atoms with Crippen LogP contribution in [0.1, 0.15) is 19.5 Å². The number of nitrogens with two attached hydrogens (primary N) is 1. The molecule has 0 bridgehead atoms. The van der Waals surface area contributed by atoms with Crippen molar-refractivity contribution in [2.75, 3.05) is 11.1 Å². The number of ether oxygens (including phenoxy) is 1. The van der Waals surface area contributed by atoms with E-state index in [9.17, 15) is 0 Å². The number of rotatable bonds is 5. The minimum atomic E-state index is 0.0955. The van der Waals surface area contributed by atoms with Crippen LogP contribution in [0.15, 0.2) is 35.1 Å². The number of anilines is 2. The number of hydrogen-bond donors (Lipinski definition) is 2. The van der Waals surface area contributed by atoms with Gasteiger partial charge >= 0.3 is 0 Å². The predicted octanol–water partition coefficient (Wildman–Crippen LogP) is 2.66. The van der Waals surface area contributed by atoms with Gasteiger partial charge in [-0.05, 0) is 26.0 Å². The molecule has 0 spiro atoms. The second kappa shape index (κ2) is 5.44. The van der Waals surface area contributed by atoms with Crippen LogP contribution in [0, 0.1) is 0 Å². The molecule has 2 aromatic rings. The van der Waals surface area contributed by atoms with Gasteiger partial charge in [-0.25, -0.2) is 0 Å². The van der Waals surface area contributed by atoms with E-state index in [1.54, 1.807) is 6.26 Å². The third-order valence-corrected chi connectivity index (χ3v) is 2.34. The summed E-state index contributed by atoms with van der Waals surface area (Å²) in [6.07, 6.45) is 1.64. The number of hydrogen-bond acceptors (Lipinski definition) is 5. The molecule has 0 aliphatic rings. The molecule has 0 unspecified atom stereocenters. The van der Waals surface area contributed by atoms with Gasteiger partial charge < -0.3 is 20.3 Å². The average molecular weight is 247 g/mol. The van der Waals surface area contributed by atoms with Gasteiger partial charge in [-0.1, -0.05) is 5.16 Å². The first-order chi connectivity index (χ1) is 8.65. The van der Waals surface area contributed by atoms with Crippen molar-refractivity contribution in [2.45, 2.75) is 26.5 Å². The van der Waals surface area contributed by atoms with Crippen molar-refractivity contribution in [1.29, 1.82) is 0 Å². The molecule has 18 heavy (non-hydrogen) atoms. The van der Waals surface area contributed by atoms with Crippen molar-refractivity contribution in [1.82, 2.24) is 5.16 Å². The maximum Gasteiger partial charge on any atom is 0.144 e. The Hall–Kier alpha value is -2.17. The number of nitrogen functional groups attached to an aromatic ring is 1. The Labute approximate surface area is 106 Å². The second-order valence-electron chi connectivity index (χ2n) is 4.26. The summed E-state index contributed by atoms with van der Waals surface area (Å²) in [4.78, 5) is 0. The molecule has 2 rings (SSSR count). The molecule has 5 heteroatoms. The Morgan fingerprint density at radius 1 is 1.39 bits per heavy atom. The number of aromatic nitrogens is 1. The molecular weight excluding hydrogens is 230 g/mol. The standard InChI is InChI=1S/C13H17N3O2/c1-9(2)18-13-7-10(3-4-12(13)14)15-8-11-5-6-17-16-11/h3-7,9,15H,8,14H2,1-2H3. The van der Waals surface area contributed by atoms with Gasteiger partial charge in [0.05, 0.1) is 18.3 Å². The quantitative estimate of drug-likeness (QED) is 0.794. The van der Waals surface area contributed by atoms with Crippen molar-refractivity contribution in [3.05, 3.63) is 36.2 Å². The van der Waals surface area contributed by atoms with Gasteiger partial charge in [-0.3, -0.25) is 0 Å². The lowest BCUT2D eigenvalue weighted by molar-refractivity contribution is 0.244. The van der Waals surface area contributed by atoms with Crippen molar-refractivity contribution in [3.8, 4) is 5.75 Å². The second-order valence-corrected chi connectivity index (χ2v) is 4.26. The highest BCUT2D eigenvalue weighted by atomic mass is 16.5. The molecule has 0 aliphatic carbocycles. The molecule has 96 valence electrons. The zero-order valence-corrected chi connectivity index (χ0v) is 10.5. The first-order valence-corrected chi connectivity index (χ1v) is 5.84. The van der Waals surface area contributed by atoms with Gasteiger partial charge in [0.1, 0.15) is 17.7 Å². The third-order valence-electron chi connectivity index (χ3n) is 2.34. The molecule has 3 N–H and O–H groups in total. The molecular formula is C13H17N3O2. The molecule has 5 nitrogen and oxygen atoms in total. The zero-order chi connectivity index (χ0) is 13.0. The first-order valence-electron chi connectivity index (χ1n) is 5.84. The number of nitrogens with one attached hydrogen (secondary N) is 1. The summed E-state index contributed by atoms with van der Waals surface area (Å²) < 4.78 is 10.4. The number of benzene rings is 1. The third kappa shape index (κ3) is 3.16. The van der Waals surface area contributed by atoms with E-state index in [4.69, 9.17) is 15.0 Å². The fourth-order valence-corrected chi connectivity index (χ4v) is 1.52. The Morgan fingerprint density at radius 3 is 2.89 bits per heavy atom. The summed E-state index contributed by atoms with van der Waals surface area (Å²) in [5, 5.41) is 7.06. The normalized spacial score (nSPS) is 10.6. The maximum absolute atomic E-state index is 5.85. The lowest BCUT2D eigenvalue weighted by Gasteiger charge is -2.14. The molecule has 1 aromatic carbocycles. The van der Waals surface area contributed by atoms with Crippen LogP contribution in [0.25, 0.3) is 0 Å². The molecule has 0 radical (unpaired) electrons. The van der Waals surface area contributed by atoms with Crippen molar-refractivity contribution >= 4 is 11.4 Å². The summed E-state index contributed by atoms with van der Waals surface area (Å²) >= 11 is 0. The van der Waals surface area contributed by atoms with Crippen LogP contribution in [-0.2, 0) is 6.54 Å². The molecule has 1 aromatic heterocycles.